The van der Waals surface area contributed by atoms with Gasteiger partial charge in [-0.15, -0.1) is 0 Å². The van der Waals surface area contributed by atoms with E-state index in [1.54, 1.807) is 4.68 Å². The van der Waals surface area contributed by atoms with Gasteiger partial charge in [-0.25, -0.2) is 22.2 Å². The van der Waals surface area contributed by atoms with Crippen molar-refractivity contribution in [3.8, 4) is 5.69 Å². The fourth-order valence-electron chi connectivity index (χ4n) is 2.68. The van der Waals surface area contributed by atoms with Gasteiger partial charge < -0.3 is 0 Å². The summed E-state index contributed by atoms with van der Waals surface area (Å²) in [5, 5.41) is 4.49. The third kappa shape index (κ3) is 3.72. The number of sulfonamides is 1. The van der Waals surface area contributed by atoms with Crippen molar-refractivity contribution in [1.29, 1.82) is 0 Å². The van der Waals surface area contributed by atoms with Crippen LogP contribution >= 0.6 is 15.9 Å². The molecule has 3 aromatic rings. The molecule has 0 saturated carbocycles. The largest absolute Gasteiger partial charge is 0.243 e. The summed E-state index contributed by atoms with van der Waals surface area (Å²) in [4.78, 5) is -0.391. The number of hydrogen-bond acceptors (Lipinski definition) is 3. The second-order valence-electron chi connectivity index (χ2n) is 5.80. The standard InChI is InChI=1S/C18H17BrFN3O2S/c1-12-16(13(2)23(22-12)15-6-4-3-5-7-15)11-21-26(24,25)18-10-14(19)8-9-17(18)20/h3-10,21H,11H2,1-2H3. The van der Waals surface area contributed by atoms with Crippen LogP contribution in [-0.2, 0) is 16.6 Å². The molecule has 1 N–H and O–H groups in total. The second kappa shape index (κ2) is 7.30. The molecule has 0 radical (unpaired) electrons. The Hall–Kier alpha value is -2.03. The van der Waals surface area contributed by atoms with Crippen LogP contribution in [0.15, 0.2) is 57.9 Å². The lowest BCUT2D eigenvalue weighted by Crippen LogP contribution is -2.24. The van der Waals surface area contributed by atoms with Crippen LogP contribution < -0.4 is 4.72 Å². The van der Waals surface area contributed by atoms with Crippen molar-refractivity contribution in [2.45, 2.75) is 25.3 Å². The summed E-state index contributed by atoms with van der Waals surface area (Å²) < 4.78 is 43.6. The van der Waals surface area contributed by atoms with E-state index in [4.69, 9.17) is 0 Å². The third-order valence-corrected chi connectivity index (χ3v) is 5.97. The Morgan fingerprint density at radius 1 is 1.15 bits per heavy atom. The lowest BCUT2D eigenvalue weighted by Gasteiger charge is -2.09. The van der Waals surface area contributed by atoms with Crippen molar-refractivity contribution in [2.24, 2.45) is 0 Å². The molecule has 0 bridgehead atoms. The first-order valence-corrected chi connectivity index (χ1v) is 10.1. The van der Waals surface area contributed by atoms with E-state index < -0.39 is 20.7 Å². The molecule has 0 unspecified atom stereocenters. The first-order chi connectivity index (χ1) is 12.3. The van der Waals surface area contributed by atoms with Gasteiger partial charge in [-0.1, -0.05) is 34.1 Å². The topological polar surface area (TPSA) is 64.0 Å². The number of nitrogens with one attached hydrogen (secondary N) is 1. The molecule has 0 aliphatic rings. The first kappa shape index (κ1) is 18.8. The van der Waals surface area contributed by atoms with E-state index in [-0.39, 0.29) is 6.54 Å². The van der Waals surface area contributed by atoms with Crippen LogP contribution in [-0.4, -0.2) is 18.2 Å². The highest BCUT2D eigenvalue weighted by Gasteiger charge is 2.21. The first-order valence-electron chi connectivity index (χ1n) is 7.85. The molecular formula is C18H17BrFN3O2S. The quantitative estimate of drug-likeness (QED) is 0.658. The third-order valence-electron chi connectivity index (χ3n) is 4.06. The van der Waals surface area contributed by atoms with Gasteiger partial charge in [0.25, 0.3) is 0 Å². The highest BCUT2D eigenvalue weighted by molar-refractivity contribution is 9.10. The summed E-state index contributed by atoms with van der Waals surface area (Å²) in [5.74, 6) is -0.797. The average molecular weight is 438 g/mol. The number of aromatic nitrogens is 2. The maximum absolute atomic E-state index is 13.9. The van der Waals surface area contributed by atoms with Gasteiger partial charge in [-0.2, -0.15) is 5.10 Å². The zero-order chi connectivity index (χ0) is 18.9. The smallest absolute Gasteiger partial charge is 0.238 e. The summed E-state index contributed by atoms with van der Waals surface area (Å²) >= 11 is 3.17. The molecule has 0 aliphatic carbocycles. The molecule has 5 nitrogen and oxygen atoms in total. The van der Waals surface area contributed by atoms with E-state index in [2.05, 4.69) is 25.8 Å². The van der Waals surface area contributed by atoms with Gasteiger partial charge in [-0.05, 0) is 44.2 Å². The zero-order valence-electron chi connectivity index (χ0n) is 14.2. The number of halogens is 2. The molecule has 1 aromatic heterocycles. The van der Waals surface area contributed by atoms with Crippen LogP contribution in [0.4, 0.5) is 4.39 Å². The van der Waals surface area contributed by atoms with Crippen molar-refractivity contribution in [2.75, 3.05) is 0 Å². The van der Waals surface area contributed by atoms with Crippen molar-refractivity contribution in [3.05, 3.63) is 75.8 Å². The maximum atomic E-state index is 13.9. The van der Waals surface area contributed by atoms with Crippen LogP contribution in [0.3, 0.4) is 0 Å². The van der Waals surface area contributed by atoms with Gasteiger partial charge in [0, 0.05) is 22.3 Å². The molecule has 136 valence electrons. The van der Waals surface area contributed by atoms with E-state index in [1.807, 2.05) is 44.2 Å². The molecule has 1 heterocycles. The summed E-state index contributed by atoms with van der Waals surface area (Å²) in [6, 6.07) is 13.4. The molecule has 26 heavy (non-hydrogen) atoms. The monoisotopic (exact) mass is 437 g/mol. The van der Waals surface area contributed by atoms with Crippen LogP contribution in [0.25, 0.3) is 5.69 Å². The molecule has 0 spiro atoms. The molecule has 0 fully saturated rings. The SMILES string of the molecule is Cc1nn(-c2ccccc2)c(C)c1CNS(=O)(=O)c1cc(Br)ccc1F. The van der Waals surface area contributed by atoms with Gasteiger partial charge in [-0.3, -0.25) is 0 Å². The van der Waals surface area contributed by atoms with Crippen LogP contribution in [0.5, 0.6) is 0 Å². The van der Waals surface area contributed by atoms with Gasteiger partial charge in [0.2, 0.25) is 10.0 Å². The number of hydrogen-bond donors (Lipinski definition) is 1. The average Bonchev–Trinajstić information content (AvgIpc) is 2.90. The van der Waals surface area contributed by atoms with Crippen molar-refractivity contribution < 1.29 is 12.8 Å². The van der Waals surface area contributed by atoms with Crippen LogP contribution in [0.2, 0.25) is 0 Å². The molecule has 2 aromatic carbocycles. The van der Waals surface area contributed by atoms with Crippen molar-refractivity contribution >= 4 is 26.0 Å². The molecule has 0 saturated heterocycles. The van der Waals surface area contributed by atoms with Gasteiger partial charge in [0.1, 0.15) is 10.7 Å². The normalized spacial score (nSPS) is 11.7. The minimum atomic E-state index is -3.99. The Balaban J connectivity index is 1.88. The fourth-order valence-corrected chi connectivity index (χ4v) is 4.29. The summed E-state index contributed by atoms with van der Waals surface area (Å²) in [6.07, 6.45) is 0. The lowest BCUT2D eigenvalue weighted by molar-refractivity contribution is 0.556. The van der Waals surface area contributed by atoms with Crippen LogP contribution in [0, 0.1) is 19.7 Å². The van der Waals surface area contributed by atoms with E-state index in [0.29, 0.717) is 10.2 Å². The minimum absolute atomic E-state index is 0.0266. The fraction of sp³-hybridized carbons (Fsp3) is 0.167. The lowest BCUT2D eigenvalue weighted by atomic mass is 10.2. The predicted molar refractivity (Wildman–Crippen MR) is 101 cm³/mol. The molecular weight excluding hydrogens is 421 g/mol. The number of nitrogens with zero attached hydrogens (tertiary/aromatic N) is 2. The van der Waals surface area contributed by atoms with Crippen LogP contribution in [0.1, 0.15) is 17.0 Å². The molecule has 0 amide bonds. The molecule has 3 rings (SSSR count). The number of benzene rings is 2. The van der Waals surface area contributed by atoms with E-state index in [1.165, 1.54) is 12.1 Å². The zero-order valence-corrected chi connectivity index (χ0v) is 16.6. The Bertz CT molecular complexity index is 1050. The highest BCUT2D eigenvalue weighted by Crippen LogP contribution is 2.22. The van der Waals surface area contributed by atoms with E-state index in [9.17, 15) is 12.8 Å². The molecule has 0 atom stereocenters. The van der Waals surface area contributed by atoms with Gasteiger partial charge in [0.15, 0.2) is 0 Å². The summed E-state index contributed by atoms with van der Waals surface area (Å²) in [7, 11) is -3.99. The molecule has 8 heteroatoms. The predicted octanol–water partition coefficient (Wildman–Crippen LogP) is 3.87. The number of rotatable bonds is 5. The Morgan fingerprint density at radius 3 is 2.54 bits per heavy atom. The summed E-state index contributed by atoms with van der Waals surface area (Å²) in [5.41, 5.74) is 3.18. The van der Waals surface area contributed by atoms with Gasteiger partial charge >= 0.3 is 0 Å². The Kier molecular flexibility index (Phi) is 5.27. The molecule has 0 aliphatic heterocycles. The number of aryl methyl sites for hydroxylation is 1. The maximum Gasteiger partial charge on any atom is 0.243 e. The summed E-state index contributed by atoms with van der Waals surface area (Å²) in [6.45, 7) is 3.71. The highest BCUT2D eigenvalue weighted by atomic mass is 79.9. The van der Waals surface area contributed by atoms with Crippen molar-refractivity contribution in [1.82, 2.24) is 14.5 Å². The number of para-hydroxylation sites is 1. The Labute approximate surface area is 160 Å². The Morgan fingerprint density at radius 2 is 1.85 bits per heavy atom. The minimum Gasteiger partial charge on any atom is -0.238 e. The second-order valence-corrected chi connectivity index (χ2v) is 8.45. The van der Waals surface area contributed by atoms with Crippen molar-refractivity contribution in [3.63, 3.8) is 0 Å². The van der Waals surface area contributed by atoms with E-state index in [0.717, 1.165) is 23.0 Å². The van der Waals surface area contributed by atoms with E-state index >= 15 is 0 Å². The van der Waals surface area contributed by atoms with Gasteiger partial charge in [0.05, 0.1) is 11.4 Å².